The van der Waals surface area contributed by atoms with Gasteiger partial charge in [0.25, 0.3) is 0 Å². The average molecular weight is 430 g/mol. The molecule has 3 heterocycles. The molecule has 2 fully saturated rings. The fraction of sp³-hybridized carbons (Fsp3) is 0.455. The van der Waals surface area contributed by atoms with Crippen molar-refractivity contribution in [2.75, 3.05) is 31.6 Å². The minimum absolute atomic E-state index is 0.163. The molecule has 1 aromatic heterocycles. The minimum atomic E-state index is -3.68. The minimum Gasteiger partial charge on any atom is -0.381 e. The van der Waals surface area contributed by atoms with Gasteiger partial charge in [0, 0.05) is 37.9 Å². The highest BCUT2D eigenvalue weighted by atomic mass is 32.2. The molecular weight excluding hydrogens is 402 g/mol. The highest BCUT2D eigenvalue weighted by Gasteiger charge is 2.53. The van der Waals surface area contributed by atoms with Gasteiger partial charge in [-0.2, -0.15) is 4.31 Å². The molecule has 4 rings (SSSR count). The van der Waals surface area contributed by atoms with Crippen LogP contribution in [-0.2, 0) is 26.0 Å². The number of nitrogens with zero attached hydrogens (tertiary/aromatic N) is 2. The summed E-state index contributed by atoms with van der Waals surface area (Å²) in [6.07, 6.45) is 5.41. The lowest BCUT2D eigenvalue weighted by atomic mass is 9.72. The number of amides is 1. The van der Waals surface area contributed by atoms with Gasteiger partial charge < -0.3 is 10.1 Å². The number of aryl methyl sites for hydroxylation is 1. The highest BCUT2D eigenvalue weighted by molar-refractivity contribution is 7.89. The van der Waals surface area contributed by atoms with E-state index in [9.17, 15) is 13.2 Å². The summed E-state index contributed by atoms with van der Waals surface area (Å²) in [6, 6.07) is 10.5. The fourth-order valence-electron chi connectivity index (χ4n) is 4.46. The summed E-state index contributed by atoms with van der Waals surface area (Å²) >= 11 is 0. The molecule has 1 unspecified atom stereocenters. The molecular formula is C22H27N3O4S. The van der Waals surface area contributed by atoms with Gasteiger partial charge in [0.15, 0.2) is 0 Å². The molecule has 1 N–H and O–H groups in total. The lowest BCUT2D eigenvalue weighted by Gasteiger charge is -2.37. The molecule has 7 nitrogen and oxygen atoms in total. The van der Waals surface area contributed by atoms with Crippen molar-refractivity contribution >= 4 is 21.6 Å². The Morgan fingerprint density at radius 1 is 1.23 bits per heavy atom. The number of carbonyl (C=O) groups is 1. The molecule has 1 spiro atoms. The van der Waals surface area contributed by atoms with Crippen molar-refractivity contribution in [1.29, 1.82) is 0 Å². The van der Waals surface area contributed by atoms with E-state index in [1.807, 2.05) is 19.1 Å². The summed E-state index contributed by atoms with van der Waals surface area (Å²) in [6.45, 7) is 3.61. The van der Waals surface area contributed by atoms with E-state index in [1.54, 1.807) is 36.7 Å². The molecule has 2 aliphatic heterocycles. The Bertz CT molecular complexity index is 987. The summed E-state index contributed by atoms with van der Waals surface area (Å²) in [5.41, 5.74) is 1.28. The second kappa shape index (κ2) is 8.45. The third-order valence-corrected chi connectivity index (χ3v) is 8.15. The maximum atomic E-state index is 13.3. The van der Waals surface area contributed by atoms with Gasteiger partial charge >= 0.3 is 0 Å². The van der Waals surface area contributed by atoms with Gasteiger partial charge in [-0.3, -0.25) is 9.78 Å². The van der Waals surface area contributed by atoms with Gasteiger partial charge in [-0.05, 0) is 49.1 Å². The number of hydrogen-bond acceptors (Lipinski definition) is 5. The van der Waals surface area contributed by atoms with Crippen LogP contribution in [0.1, 0.15) is 25.3 Å². The predicted octanol–water partition coefficient (Wildman–Crippen LogP) is 2.70. The molecule has 2 saturated heterocycles. The fourth-order valence-corrected chi connectivity index (χ4v) is 6.01. The van der Waals surface area contributed by atoms with Gasteiger partial charge in [0.05, 0.1) is 22.7 Å². The normalized spacial score (nSPS) is 21.6. The summed E-state index contributed by atoms with van der Waals surface area (Å²) in [5, 5.41) is 2.92. The number of aromatic nitrogens is 1. The summed E-state index contributed by atoms with van der Waals surface area (Å²) in [5.74, 6) is -0.602. The molecule has 1 amide bonds. The number of carbonyl (C=O) groups excluding carboxylic acids is 1. The first-order valence-electron chi connectivity index (χ1n) is 10.3. The summed E-state index contributed by atoms with van der Waals surface area (Å²) in [4.78, 5) is 17.5. The first kappa shape index (κ1) is 21.0. The SMILES string of the molecule is CCc1ccc(S(=O)(=O)N2CC(C(=O)Nc3cccnc3)C3(CCOCC3)C2)cc1. The zero-order chi connectivity index (χ0) is 21.2. The molecule has 1 atom stereocenters. The van der Waals surface area contributed by atoms with Crippen LogP contribution in [-0.4, -0.2) is 49.9 Å². The summed E-state index contributed by atoms with van der Waals surface area (Å²) < 4.78 is 33.7. The van der Waals surface area contributed by atoms with Crippen molar-refractivity contribution in [3.05, 3.63) is 54.4 Å². The number of rotatable bonds is 5. The van der Waals surface area contributed by atoms with Crippen molar-refractivity contribution in [2.24, 2.45) is 11.3 Å². The number of ether oxygens (including phenoxy) is 1. The zero-order valence-corrected chi connectivity index (χ0v) is 17.9. The lowest BCUT2D eigenvalue weighted by Crippen LogP contribution is -2.42. The van der Waals surface area contributed by atoms with Gasteiger partial charge in [-0.25, -0.2) is 8.42 Å². The Morgan fingerprint density at radius 2 is 1.97 bits per heavy atom. The van der Waals surface area contributed by atoms with Crippen LogP contribution in [0.3, 0.4) is 0 Å². The molecule has 0 bridgehead atoms. The van der Waals surface area contributed by atoms with Crippen LogP contribution in [0.5, 0.6) is 0 Å². The third kappa shape index (κ3) is 3.99. The molecule has 8 heteroatoms. The lowest BCUT2D eigenvalue weighted by molar-refractivity contribution is -0.124. The Hall–Kier alpha value is -2.29. The van der Waals surface area contributed by atoms with Crippen LogP contribution < -0.4 is 5.32 Å². The van der Waals surface area contributed by atoms with Crippen molar-refractivity contribution in [2.45, 2.75) is 31.1 Å². The second-order valence-corrected chi connectivity index (χ2v) is 9.99. The number of hydrogen-bond donors (Lipinski definition) is 1. The first-order chi connectivity index (χ1) is 14.4. The van der Waals surface area contributed by atoms with Crippen molar-refractivity contribution in [3.63, 3.8) is 0 Å². The average Bonchev–Trinajstić information content (AvgIpc) is 3.14. The number of sulfonamides is 1. The standard InChI is InChI=1S/C22H27N3O4S/c1-2-17-5-7-19(8-6-17)30(27,28)25-15-20(22(16-25)9-12-29-13-10-22)21(26)24-18-4-3-11-23-14-18/h3-8,11,14,20H,2,9-10,12-13,15-16H2,1H3,(H,24,26). The van der Waals surface area contributed by atoms with Crippen molar-refractivity contribution < 1.29 is 17.9 Å². The van der Waals surface area contributed by atoms with E-state index >= 15 is 0 Å². The van der Waals surface area contributed by atoms with Crippen LogP contribution in [0, 0.1) is 11.3 Å². The van der Waals surface area contributed by atoms with Crippen LogP contribution in [0.25, 0.3) is 0 Å². The molecule has 0 radical (unpaired) electrons. The van der Waals surface area contributed by atoms with E-state index in [0.29, 0.717) is 38.3 Å². The van der Waals surface area contributed by atoms with Gasteiger partial charge in [0.1, 0.15) is 0 Å². The Labute approximate surface area is 177 Å². The molecule has 0 aliphatic carbocycles. The van der Waals surface area contributed by atoms with Crippen LogP contribution in [0.15, 0.2) is 53.7 Å². The molecule has 2 aliphatic rings. The Morgan fingerprint density at radius 3 is 2.60 bits per heavy atom. The smallest absolute Gasteiger partial charge is 0.243 e. The van der Waals surface area contributed by atoms with E-state index in [2.05, 4.69) is 10.3 Å². The molecule has 160 valence electrons. The van der Waals surface area contributed by atoms with E-state index < -0.39 is 21.4 Å². The summed E-state index contributed by atoms with van der Waals surface area (Å²) in [7, 11) is -3.68. The number of anilines is 1. The molecule has 30 heavy (non-hydrogen) atoms. The van der Waals surface area contributed by atoms with E-state index in [-0.39, 0.29) is 17.3 Å². The van der Waals surface area contributed by atoms with Crippen LogP contribution >= 0.6 is 0 Å². The third-order valence-electron chi connectivity index (χ3n) is 6.32. The first-order valence-corrected chi connectivity index (χ1v) is 11.8. The quantitative estimate of drug-likeness (QED) is 0.790. The monoisotopic (exact) mass is 429 g/mol. The molecule has 0 saturated carbocycles. The Balaban J connectivity index is 1.60. The Kier molecular flexibility index (Phi) is 5.90. The predicted molar refractivity (Wildman–Crippen MR) is 113 cm³/mol. The number of pyridine rings is 1. The van der Waals surface area contributed by atoms with Crippen LogP contribution in [0.4, 0.5) is 5.69 Å². The van der Waals surface area contributed by atoms with Crippen LogP contribution in [0.2, 0.25) is 0 Å². The van der Waals surface area contributed by atoms with E-state index in [4.69, 9.17) is 4.74 Å². The molecule has 1 aromatic carbocycles. The maximum Gasteiger partial charge on any atom is 0.243 e. The van der Waals surface area contributed by atoms with Gasteiger partial charge in [-0.1, -0.05) is 19.1 Å². The van der Waals surface area contributed by atoms with Crippen molar-refractivity contribution in [1.82, 2.24) is 9.29 Å². The molecule has 2 aromatic rings. The topological polar surface area (TPSA) is 88.6 Å². The van der Waals surface area contributed by atoms with E-state index in [1.165, 1.54) is 4.31 Å². The zero-order valence-electron chi connectivity index (χ0n) is 17.1. The second-order valence-electron chi connectivity index (χ2n) is 8.05. The van der Waals surface area contributed by atoms with Gasteiger partial charge in [0.2, 0.25) is 15.9 Å². The number of nitrogens with one attached hydrogen (secondary N) is 1. The highest BCUT2D eigenvalue weighted by Crippen LogP contribution is 2.46. The maximum absolute atomic E-state index is 13.3. The number of benzene rings is 1. The van der Waals surface area contributed by atoms with E-state index in [0.717, 1.165) is 12.0 Å². The van der Waals surface area contributed by atoms with Crippen molar-refractivity contribution in [3.8, 4) is 0 Å². The van der Waals surface area contributed by atoms with Gasteiger partial charge in [-0.15, -0.1) is 0 Å². The largest absolute Gasteiger partial charge is 0.381 e.